The van der Waals surface area contributed by atoms with Crippen LogP contribution in [0.15, 0.2) is 12.7 Å². The fourth-order valence-electron chi connectivity index (χ4n) is 1.67. The number of methoxy groups -OCH3 is 1. The van der Waals surface area contributed by atoms with Crippen molar-refractivity contribution >= 4 is 17.8 Å². The van der Waals surface area contributed by atoms with Gasteiger partial charge >= 0.3 is 11.9 Å². The number of esters is 2. The lowest BCUT2D eigenvalue weighted by Gasteiger charge is -2.26. The van der Waals surface area contributed by atoms with Gasteiger partial charge in [0.05, 0.1) is 7.11 Å². The first-order valence-electron chi connectivity index (χ1n) is 6.59. The minimum absolute atomic E-state index is 0.0665. The highest BCUT2D eigenvalue weighted by molar-refractivity contribution is 5.82. The molecule has 0 saturated carbocycles. The van der Waals surface area contributed by atoms with Crippen LogP contribution in [-0.2, 0) is 23.9 Å². The molecule has 1 heterocycles. The first-order chi connectivity index (χ1) is 9.42. The fourth-order valence-corrected chi connectivity index (χ4v) is 1.67. The van der Waals surface area contributed by atoms with Crippen LogP contribution >= 0.6 is 0 Å². The van der Waals surface area contributed by atoms with Crippen LogP contribution in [0.1, 0.15) is 39.5 Å². The Morgan fingerprint density at radius 1 is 1.35 bits per heavy atom. The summed E-state index contributed by atoms with van der Waals surface area (Å²) in [5.41, 5.74) is 0. The van der Waals surface area contributed by atoms with E-state index in [1.807, 2.05) is 0 Å². The third-order valence-corrected chi connectivity index (χ3v) is 2.79. The van der Waals surface area contributed by atoms with Gasteiger partial charge in [-0.1, -0.05) is 13.0 Å². The van der Waals surface area contributed by atoms with E-state index in [9.17, 15) is 14.4 Å². The number of ether oxygens (including phenoxy) is 2. The molecule has 1 saturated heterocycles. The number of hydrogen-bond donors (Lipinski definition) is 0. The van der Waals surface area contributed by atoms with Crippen molar-refractivity contribution in [3.63, 3.8) is 0 Å². The Kier molecular flexibility index (Phi) is 9.07. The van der Waals surface area contributed by atoms with Crippen molar-refractivity contribution in [2.45, 2.75) is 45.8 Å². The molecule has 0 bridgehead atoms. The molecule has 1 amide bonds. The fraction of sp³-hybridized carbons (Fsp3) is 0.643. The molecule has 1 atom stereocenters. The molecule has 20 heavy (non-hydrogen) atoms. The molecule has 1 aliphatic heterocycles. The van der Waals surface area contributed by atoms with Crippen molar-refractivity contribution in [2.24, 2.45) is 0 Å². The van der Waals surface area contributed by atoms with Gasteiger partial charge in [0.25, 0.3) is 0 Å². The maximum absolute atomic E-state index is 11.6. The Labute approximate surface area is 119 Å². The van der Waals surface area contributed by atoms with Gasteiger partial charge in [-0.15, -0.1) is 0 Å². The van der Waals surface area contributed by atoms with E-state index in [1.54, 1.807) is 11.8 Å². The van der Waals surface area contributed by atoms with Crippen LogP contribution in [0.4, 0.5) is 0 Å². The van der Waals surface area contributed by atoms with Crippen molar-refractivity contribution in [1.82, 2.24) is 4.90 Å². The molecule has 0 N–H and O–H groups in total. The van der Waals surface area contributed by atoms with Crippen molar-refractivity contribution in [1.29, 1.82) is 0 Å². The topological polar surface area (TPSA) is 72.9 Å². The van der Waals surface area contributed by atoms with Gasteiger partial charge < -0.3 is 14.4 Å². The van der Waals surface area contributed by atoms with Crippen LogP contribution in [0.5, 0.6) is 0 Å². The third-order valence-electron chi connectivity index (χ3n) is 2.79. The maximum Gasteiger partial charge on any atom is 0.332 e. The molecule has 6 nitrogen and oxygen atoms in total. The van der Waals surface area contributed by atoms with Crippen molar-refractivity contribution < 1.29 is 23.9 Å². The lowest BCUT2D eigenvalue weighted by Crippen LogP contribution is -2.40. The molecule has 1 fully saturated rings. The lowest BCUT2D eigenvalue weighted by atomic mass is 10.2. The second-order valence-electron chi connectivity index (χ2n) is 4.33. The predicted octanol–water partition coefficient (Wildman–Crippen LogP) is 1.64. The van der Waals surface area contributed by atoms with Crippen LogP contribution in [0, 0.1) is 0 Å². The molecule has 0 aromatic carbocycles. The highest BCUT2D eigenvalue weighted by Crippen LogP contribution is 2.14. The van der Waals surface area contributed by atoms with E-state index in [0.717, 1.165) is 25.3 Å². The quantitative estimate of drug-likeness (QED) is 0.582. The molecule has 1 unspecified atom stereocenters. The Morgan fingerprint density at radius 3 is 2.45 bits per heavy atom. The summed E-state index contributed by atoms with van der Waals surface area (Å²) in [5.74, 6) is -0.665. The van der Waals surface area contributed by atoms with Gasteiger partial charge in [0, 0.05) is 26.0 Å². The molecule has 1 aliphatic rings. The molecular weight excluding hydrogens is 262 g/mol. The summed E-state index contributed by atoms with van der Waals surface area (Å²) >= 11 is 0. The smallest absolute Gasteiger partial charge is 0.332 e. The van der Waals surface area contributed by atoms with Gasteiger partial charge in [0.15, 0.2) is 6.23 Å². The number of nitrogens with zero attached hydrogens (tertiary/aromatic N) is 1. The summed E-state index contributed by atoms with van der Waals surface area (Å²) in [7, 11) is 1.35. The highest BCUT2D eigenvalue weighted by Gasteiger charge is 2.23. The zero-order valence-electron chi connectivity index (χ0n) is 12.4. The summed E-state index contributed by atoms with van der Waals surface area (Å²) in [4.78, 5) is 33.8. The van der Waals surface area contributed by atoms with Gasteiger partial charge in [-0.2, -0.15) is 0 Å². The van der Waals surface area contributed by atoms with Crippen LogP contribution in [0.25, 0.3) is 0 Å². The number of amides is 1. The third kappa shape index (κ3) is 7.56. The summed E-state index contributed by atoms with van der Waals surface area (Å²) in [6.07, 6.45) is 4.14. The lowest BCUT2D eigenvalue weighted by molar-refractivity contribution is -0.158. The molecule has 0 aromatic rings. The molecule has 1 rings (SSSR count). The Morgan fingerprint density at radius 2 is 1.95 bits per heavy atom. The van der Waals surface area contributed by atoms with E-state index in [1.165, 1.54) is 14.0 Å². The summed E-state index contributed by atoms with van der Waals surface area (Å²) in [5, 5.41) is 0. The normalized spacial score (nSPS) is 16.1. The first kappa shape index (κ1) is 18.1. The van der Waals surface area contributed by atoms with Gasteiger partial charge in [-0.05, 0) is 19.8 Å². The molecule has 6 heteroatoms. The first-order valence-corrected chi connectivity index (χ1v) is 6.59. The van der Waals surface area contributed by atoms with E-state index in [4.69, 9.17) is 4.74 Å². The summed E-state index contributed by atoms with van der Waals surface area (Å²) < 4.78 is 9.12. The largest absolute Gasteiger partial charge is 0.469 e. The monoisotopic (exact) mass is 285 g/mol. The molecule has 0 aromatic heterocycles. The highest BCUT2D eigenvalue weighted by atomic mass is 16.6. The predicted molar refractivity (Wildman–Crippen MR) is 73.6 cm³/mol. The summed E-state index contributed by atoms with van der Waals surface area (Å²) in [6, 6.07) is 0. The average molecular weight is 285 g/mol. The second kappa shape index (κ2) is 10.00. The van der Waals surface area contributed by atoms with Gasteiger partial charge in [-0.25, -0.2) is 4.79 Å². The van der Waals surface area contributed by atoms with Gasteiger partial charge in [-0.3, -0.25) is 9.59 Å². The van der Waals surface area contributed by atoms with Crippen LogP contribution in [0.2, 0.25) is 0 Å². The number of likely N-dealkylation sites (tertiary alicyclic amines) is 1. The van der Waals surface area contributed by atoms with Crippen LogP contribution < -0.4 is 0 Å². The van der Waals surface area contributed by atoms with Gasteiger partial charge in [0.1, 0.15) is 0 Å². The van der Waals surface area contributed by atoms with Crippen molar-refractivity contribution in [3.8, 4) is 0 Å². The zero-order chi connectivity index (χ0) is 15.5. The number of carbonyl (C=O) groups excluding carboxylic acids is 3. The van der Waals surface area contributed by atoms with Crippen LogP contribution in [0.3, 0.4) is 0 Å². The van der Waals surface area contributed by atoms with E-state index >= 15 is 0 Å². The minimum atomic E-state index is -0.487. The molecule has 0 aliphatic carbocycles. The maximum atomic E-state index is 11.6. The molecule has 0 spiro atoms. The van der Waals surface area contributed by atoms with E-state index in [-0.39, 0.29) is 11.9 Å². The number of carbonyl (C=O) groups is 3. The number of hydrogen-bond acceptors (Lipinski definition) is 5. The summed E-state index contributed by atoms with van der Waals surface area (Å²) in [6.45, 7) is 7.06. The van der Waals surface area contributed by atoms with E-state index in [0.29, 0.717) is 13.0 Å². The standard InChI is InChI=1S/C11H17NO3.C3H6O2/c1-3-11(14)15-9(2)12-8-6-4-5-7-10(12)13;1-3(4)5-2/h3,9H,1,4-8H2,2H3;1-2H3. The average Bonchev–Trinajstić information content (AvgIpc) is 2.63. The van der Waals surface area contributed by atoms with Crippen molar-refractivity contribution in [3.05, 3.63) is 12.7 Å². The van der Waals surface area contributed by atoms with E-state index < -0.39 is 12.2 Å². The van der Waals surface area contributed by atoms with Gasteiger partial charge in [0.2, 0.25) is 5.91 Å². The second-order valence-corrected chi connectivity index (χ2v) is 4.33. The Balaban J connectivity index is 0.000000621. The van der Waals surface area contributed by atoms with Crippen LogP contribution in [-0.4, -0.2) is 42.6 Å². The molecule has 0 radical (unpaired) electrons. The molecular formula is C14H23NO5. The van der Waals surface area contributed by atoms with Crippen molar-refractivity contribution in [2.75, 3.05) is 13.7 Å². The van der Waals surface area contributed by atoms with E-state index in [2.05, 4.69) is 11.3 Å². The number of rotatable bonds is 3. The Hall–Kier alpha value is -1.85. The SMILES string of the molecule is C=CC(=O)OC(C)N1CCCCCC1=O.COC(C)=O. The zero-order valence-corrected chi connectivity index (χ0v) is 12.4. The minimum Gasteiger partial charge on any atom is -0.469 e. The molecule has 114 valence electrons. The Bertz CT molecular complexity index is 353.